The fraction of sp³-hybridized carbons (Fsp3) is 0.125. The molecule has 0 aliphatic rings. The first-order valence-corrected chi connectivity index (χ1v) is 11.8. The average Bonchev–Trinajstić information content (AvgIpc) is 3.10. The molecule has 1 amide bonds. The molecule has 3 aromatic carbocycles. The summed E-state index contributed by atoms with van der Waals surface area (Å²) in [7, 11) is -1.71. The Bertz CT molecular complexity index is 1480. The fourth-order valence-electron chi connectivity index (χ4n) is 3.55. The van der Waals surface area contributed by atoms with Crippen LogP contribution in [0.4, 0.5) is 20.2 Å². The first kappa shape index (κ1) is 22.5. The molecule has 0 unspecified atom stereocenters. The Hall–Kier alpha value is -3.72. The van der Waals surface area contributed by atoms with Crippen molar-refractivity contribution in [2.75, 3.05) is 15.8 Å². The van der Waals surface area contributed by atoms with Crippen molar-refractivity contribution in [2.45, 2.75) is 6.92 Å². The number of aromatic nitrogens is 1. The number of benzene rings is 3. The minimum absolute atomic E-state index is 0.0489. The Kier molecular flexibility index (Phi) is 5.90. The maximum Gasteiger partial charge on any atom is 0.272 e. The summed E-state index contributed by atoms with van der Waals surface area (Å²) in [5.41, 5.74) is 2.61. The normalized spacial score (nSPS) is 11.5. The van der Waals surface area contributed by atoms with Crippen molar-refractivity contribution in [2.24, 2.45) is 7.05 Å². The number of carbonyl (C=O) groups excluding carboxylic acids is 1. The van der Waals surface area contributed by atoms with E-state index in [1.165, 1.54) is 12.1 Å². The third-order valence-corrected chi connectivity index (χ3v) is 6.60. The van der Waals surface area contributed by atoms with Crippen molar-refractivity contribution in [3.05, 3.63) is 84.1 Å². The van der Waals surface area contributed by atoms with Gasteiger partial charge in [0.2, 0.25) is 10.0 Å². The SMILES string of the molecule is CCS(=O)(=O)Nc1ccc2cc(C(=O)Nc3cccc(-c4ccc(F)cc4F)c3)n(C)c2c1. The Labute approximate surface area is 189 Å². The molecule has 6 nitrogen and oxygen atoms in total. The molecule has 4 rings (SSSR count). The number of hydrogen-bond donors (Lipinski definition) is 2. The number of anilines is 2. The smallest absolute Gasteiger partial charge is 0.272 e. The molecular weight excluding hydrogens is 448 g/mol. The van der Waals surface area contributed by atoms with Gasteiger partial charge in [0.25, 0.3) is 5.91 Å². The van der Waals surface area contributed by atoms with Crippen LogP contribution in [0.15, 0.2) is 66.7 Å². The molecule has 1 heterocycles. The van der Waals surface area contributed by atoms with E-state index in [1.54, 1.807) is 67.1 Å². The van der Waals surface area contributed by atoms with Crippen LogP contribution in [-0.2, 0) is 17.1 Å². The van der Waals surface area contributed by atoms with Gasteiger partial charge in [-0.05, 0) is 55.0 Å². The van der Waals surface area contributed by atoms with Gasteiger partial charge in [-0.25, -0.2) is 17.2 Å². The second-order valence-corrected chi connectivity index (χ2v) is 9.54. The lowest BCUT2D eigenvalue weighted by atomic mass is 10.0. The number of aryl methyl sites for hydroxylation is 1. The minimum Gasteiger partial charge on any atom is -0.340 e. The monoisotopic (exact) mass is 469 g/mol. The van der Waals surface area contributed by atoms with Crippen LogP contribution >= 0.6 is 0 Å². The zero-order valence-corrected chi connectivity index (χ0v) is 18.7. The van der Waals surface area contributed by atoms with Gasteiger partial charge >= 0.3 is 0 Å². The van der Waals surface area contributed by atoms with E-state index in [4.69, 9.17) is 0 Å². The van der Waals surface area contributed by atoms with Crippen molar-refractivity contribution in [3.8, 4) is 11.1 Å². The van der Waals surface area contributed by atoms with Crippen LogP contribution in [0.1, 0.15) is 17.4 Å². The molecule has 0 spiro atoms. The molecule has 0 saturated heterocycles. The standard InChI is InChI=1S/C24H21F2N3O3S/c1-3-33(31,32)28-19-9-7-16-12-23(29(2)22(16)14-19)24(30)27-18-6-4-5-15(11-18)20-10-8-17(25)13-21(20)26/h4-14,28H,3H2,1-2H3,(H,27,30). The van der Waals surface area contributed by atoms with Crippen molar-refractivity contribution in [1.29, 1.82) is 0 Å². The van der Waals surface area contributed by atoms with Crippen LogP contribution in [0, 0.1) is 11.6 Å². The van der Waals surface area contributed by atoms with Gasteiger partial charge in [0.05, 0.1) is 17.0 Å². The molecule has 0 atom stereocenters. The summed E-state index contributed by atoms with van der Waals surface area (Å²) in [5, 5.41) is 3.56. The number of nitrogens with zero attached hydrogens (tertiary/aromatic N) is 1. The van der Waals surface area contributed by atoms with Crippen molar-refractivity contribution in [1.82, 2.24) is 4.57 Å². The third kappa shape index (κ3) is 4.73. The summed E-state index contributed by atoms with van der Waals surface area (Å²) in [5.74, 6) is -1.79. The highest BCUT2D eigenvalue weighted by atomic mass is 32.2. The molecule has 0 saturated carbocycles. The highest BCUT2D eigenvalue weighted by Crippen LogP contribution is 2.27. The third-order valence-electron chi connectivity index (χ3n) is 5.29. The van der Waals surface area contributed by atoms with E-state index in [0.717, 1.165) is 11.5 Å². The first-order chi connectivity index (χ1) is 15.7. The predicted octanol–water partition coefficient (Wildman–Crippen LogP) is 5.14. The number of hydrogen-bond acceptors (Lipinski definition) is 3. The number of amides is 1. The quantitative estimate of drug-likeness (QED) is 0.411. The predicted molar refractivity (Wildman–Crippen MR) is 126 cm³/mol. The van der Waals surface area contributed by atoms with Gasteiger partial charge in [-0.1, -0.05) is 18.2 Å². The molecular formula is C24H21F2N3O3S. The highest BCUT2D eigenvalue weighted by molar-refractivity contribution is 7.92. The van der Waals surface area contributed by atoms with Crippen molar-refractivity contribution in [3.63, 3.8) is 0 Å². The Morgan fingerprint density at radius 1 is 0.970 bits per heavy atom. The number of sulfonamides is 1. The summed E-state index contributed by atoms with van der Waals surface area (Å²) in [4.78, 5) is 13.0. The first-order valence-electron chi connectivity index (χ1n) is 10.1. The second-order valence-electron chi connectivity index (χ2n) is 7.53. The number of fused-ring (bicyclic) bond motifs is 1. The van der Waals surface area contributed by atoms with Crippen LogP contribution < -0.4 is 10.0 Å². The maximum atomic E-state index is 14.2. The van der Waals surface area contributed by atoms with E-state index in [1.807, 2.05) is 0 Å². The Balaban J connectivity index is 1.61. The van der Waals surface area contributed by atoms with Gasteiger partial charge in [0, 0.05) is 29.8 Å². The van der Waals surface area contributed by atoms with E-state index < -0.39 is 21.7 Å². The number of halogens is 2. The molecule has 2 N–H and O–H groups in total. The summed E-state index contributed by atoms with van der Waals surface area (Å²) in [6, 6.07) is 16.7. The van der Waals surface area contributed by atoms with E-state index in [2.05, 4.69) is 10.0 Å². The summed E-state index contributed by atoms with van der Waals surface area (Å²) in [6.45, 7) is 1.55. The van der Waals surface area contributed by atoms with Gasteiger partial charge in [0.1, 0.15) is 17.3 Å². The molecule has 1 aromatic heterocycles. The summed E-state index contributed by atoms with van der Waals surface area (Å²) >= 11 is 0. The number of carbonyl (C=O) groups is 1. The maximum absolute atomic E-state index is 14.2. The van der Waals surface area contributed by atoms with Gasteiger partial charge in [-0.15, -0.1) is 0 Å². The van der Waals surface area contributed by atoms with Crippen LogP contribution in [0.5, 0.6) is 0 Å². The second kappa shape index (κ2) is 8.67. The van der Waals surface area contributed by atoms with Gasteiger partial charge < -0.3 is 9.88 Å². The molecule has 0 radical (unpaired) electrons. The zero-order valence-electron chi connectivity index (χ0n) is 17.9. The lowest BCUT2D eigenvalue weighted by Gasteiger charge is -2.10. The molecule has 9 heteroatoms. The van der Waals surface area contributed by atoms with Gasteiger partial charge in [-0.2, -0.15) is 0 Å². The van der Waals surface area contributed by atoms with Gasteiger partial charge in [-0.3, -0.25) is 9.52 Å². The molecule has 0 aliphatic heterocycles. The highest BCUT2D eigenvalue weighted by Gasteiger charge is 2.16. The molecule has 170 valence electrons. The van der Waals surface area contributed by atoms with E-state index in [9.17, 15) is 22.0 Å². The topological polar surface area (TPSA) is 80.2 Å². The van der Waals surface area contributed by atoms with E-state index >= 15 is 0 Å². The van der Waals surface area contributed by atoms with Crippen LogP contribution in [0.25, 0.3) is 22.0 Å². The number of rotatable bonds is 6. The molecule has 0 bridgehead atoms. The van der Waals surface area contributed by atoms with E-state index in [0.29, 0.717) is 28.1 Å². The lowest BCUT2D eigenvalue weighted by molar-refractivity contribution is 0.101. The van der Waals surface area contributed by atoms with Gasteiger partial charge in [0.15, 0.2) is 0 Å². The Morgan fingerprint density at radius 3 is 2.48 bits per heavy atom. The summed E-state index contributed by atoms with van der Waals surface area (Å²) < 4.78 is 55.2. The lowest BCUT2D eigenvalue weighted by Crippen LogP contribution is -2.16. The van der Waals surface area contributed by atoms with Crippen molar-refractivity contribution < 1.29 is 22.0 Å². The molecule has 0 fully saturated rings. The van der Waals surface area contributed by atoms with Crippen LogP contribution in [0.3, 0.4) is 0 Å². The fourth-order valence-corrected chi connectivity index (χ4v) is 4.18. The molecule has 33 heavy (non-hydrogen) atoms. The summed E-state index contributed by atoms with van der Waals surface area (Å²) in [6.07, 6.45) is 0. The van der Waals surface area contributed by atoms with Crippen LogP contribution in [0.2, 0.25) is 0 Å². The zero-order chi connectivity index (χ0) is 23.8. The molecule has 4 aromatic rings. The minimum atomic E-state index is -3.42. The largest absolute Gasteiger partial charge is 0.340 e. The molecule has 0 aliphatic carbocycles. The average molecular weight is 470 g/mol. The number of nitrogens with one attached hydrogen (secondary N) is 2. The van der Waals surface area contributed by atoms with E-state index in [-0.39, 0.29) is 17.2 Å². The Morgan fingerprint density at radius 2 is 1.76 bits per heavy atom. The van der Waals surface area contributed by atoms with Crippen LogP contribution in [-0.4, -0.2) is 24.6 Å². The van der Waals surface area contributed by atoms with Crippen molar-refractivity contribution >= 4 is 38.2 Å².